The van der Waals surface area contributed by atoms with Crippen molar-refractivity contribution in [2.24, 2.45) is 0 Å². The Labute approximate surface area is 135 Å². The number of hydrogen-bond acceptors (Lipinski definition) is 6. The molecule has 22 heavy (non-hydrogen) atoms. The van der Waals surface area contributed by atoms with Crippen LogP contribution in [0.4, 0.5) is 11.8 Å². The number of rotatable bonds is 5. The summed E-state index contributed by atoms with van der Waals surface area (Å²) in [6.45, 7) is 2.05. The first-order chi connectivity index (χ1) is 10.7. The molecule has 2 atom stereocenters. The van der Waals surface area contributed by atoms with Gasteiger partial charge < -0.3 is 10.6 Å². The van der Waals surface area contributed by atoms with E-state index in [1.165, 1.54) is 5.56 Å². The molecule has 1 saturated carbocycles. The molecule has 1 fully saturated rings. The summed E-state index contributed by atoms with van der Waals surface area (Å²) in [4.78, 5) is 14.2. The predicted octanol–water partition coefficient (Wildman–Crippen LogP) is 3.35. The quantitative estimate of drug-likeness (QED) is 0.825. The molecule has 2 aromatic rings. The zero-order valence-electron chi connectivity index (χ0n) is 12.9. The van der Waals surface area contributed by atoms with E-state index < -0.39 is 0 Å². The van der Waals surface area contributed by atoms with Crippen molar-refractivity contribution in [3.8, 4) is 0 Å². The Morgan fingerprint density at radius 3 is 2.36 bits per heavy atom. The molecule has 0 amide bonds. The SMILES string of the molecule is CSc1cnc(N[C@H]2CC[C@H](Nc3ccc(C)cn3)C2)nc1. The van der Waals surface area contributed by atoms with Crippen molar-refractivity contribution in [3.63, 3.8) is 0 Å². The fourth-order valence-electron chi connectivity index (χ4n) is 2.68. The molecule has 2 heterocycles. The van der Waals surface area contributed by atoms with E-state index in [1.807, 2.05) is 30.9 Å². The van der Waals surface area contributed by atoms with Crippen molar-refractivity contribution in [1.29, 1.82) is 0 Å². The largest absolute Gasteiger partial charge is 0.367 e. The number of hydrogen-bond donors (Lipinski definition) is 2. The van der Waals surface area contributed by atoms with E-state index in [1.54, 1.807) is 11.8 Å². The normalized spacial score (nSPS) is 20.8. The van der Waals surface area contributed by atoms with Gasteiger partial charge in [0.05, 0.1) is 0 Å². The van der Waals surface area contributed by atoms with E-state index in [4.69, 9.17) is 0 Å². The Morgan fingerprint density at radius 1 is 1.00 bits per heavy atom. The van der Waals surface area contributed by atoms with E-state index in [-0.39, 0.29) is 0 Å². The molecule has 0 aromatic carbocycles. The van der Waals surface area contributed by atoms with Crippen LogP contribution in [0.2, 0.25) is 0 Å². The van der Waals surface area contributed by atoms with Crippen LogP contribution in [0.5, 0.6) is 0 Å². The van der Waals surface area contributed by atoms with E-state index in [2.05, 4.69) is 38.6 Å². The maximum absolute atomic E-state index is 4.41. The highest BCUT2D eigenvalue weighted by Crippen LogP contribution is 2.24. The zero-order chi connectivity index (χ0) is 15.4. The molecule has 0 unspecified atom stereocenters. The number of thioether (sulfide) groups is 1. The summed E-state index contributed by atoms with van der Waals surface area (Å²) < 4.78 is 0. The van der Waals surface area contributed by atoms with Gasteiger partial charge >= 0.3 is 0 Å². The fourth-order valence-corrected chi connectivity index (χ4v) is 3.00. The summed E-state index contributed by atoms with van der Waals surface area (Å²) in [5.74, 6) is 1.67. The first-order valence-electron chi connectivity index (χ1n) is 7.54. The molecular formula is C16H21N5S. The second-order valence-corrected chi connectivity index (χ2v) is 6.54. The molecule has 116 valence electrons. The topological polar surface area (TPSA) is 62.7 Å². The Balaban J connectivity index is 1.52. The lowest BCUT2D eigenvalue weighted by molar-refractivity contribution is 0.716. The Bertz CT molecular complexity index is 599. The van der Waals surface area contributed by atoms with Gasteiger partial charge in [-0.1, -0.05) is 6.07 Å². The Morgan fingerprint density at radius 2 is 1.73 bits per heavy atom. The van der Waals surface area contributed by atoms with E-state index in [0.29, 0.717) is 12.1 Å². The van der Waals surface area contributed by atoms with Crippen LogP contribution in [0.25, 0.3) is 0 Å². The van der Waals surface area contributed by atoms with Crippen LogP contribution in [0, 0.1) is 6.92 Å². The van der Waals surface area contributed by atoms with Gasteiger partial charge in [-0.15, -0.1) is 11.8 Å². The van der Waals surface area contributed by atoms with Gasteiger partial charge in [0.25, 0.3) is 0 Å². The van der Waals surface area contributed by atoms with Crippen LogP contribution in [0.3, 0.4) is 0 Å². The van der Waals surface area contributed by atoms with Crippen molar-refractivity contribution in [2.75, 3.05) is 16.9 Å². The van der Waals surface area contributed by atoms with Crippen molar-refractivity contribution in [2.45, 2.75) is 43.2 Å². The minimum atomic E-state index is 0.420. The van der Waals surface area contributed by atoms with Crippen molar-refractivity contribution in [1.82, 2.24) is 15.0 Å². The Kier molecular flexibility index (Phi) is 4.77. The second-order valence-electron chi connectivity index (χ2n) is 5.66. The number of nitrogens with zero attached hydrogens (tertiary/aromatic N) is 3. The minimum Gasteiger partial charge on any atom is -0.367 e. The number of pyridine rings is 1. The highest BCUT2D eigenvalue weighted by Gasteiger charge is 2.25. The number of anilines is 2. The standard InChI is InChI=1S/C16H21N5S/c1-11-3-6-15(17-8-11)20-12-4-5-13(7-12)21-16-18-9-14(22-2)10-19-16/h3,6,8-10,12-13H,4-5,7H2,1-2H3,(H,17,20)(H,18,19,21)/t12-,13-/m0/s1. The van der Waals surface area contributed by atoms with Gasteiger partial charge in [0.1, 0.15) is 5.82 Å². The monoisotopic (exact) mass is 315 g/mol. The average Bonchev–Trinajstić information content (AvgIpc) is 2.97. The fraction of sp³-hybridized carbons (Fsp3) is 0.438. The molecule has 2 aromatic heterocycles. The van der Waals surface area contributed by atoms with Gasteiger partial charge in [0.15, 0.2) is 0 Å². The molecule has 0 saturated heterocycles. The molecule has 2 N–H and O–H groups in total. The molecule has 1 aliphatic rings. The van der Waals surface area contributed by atoms with Gasteiger partial charge in [-0.25, -0.2) is 15.0 Å². The van der Waals surface area contributed by atoms with E-state index >= 15 is 0 Å². The highest BCUT2D eigenvalue weighted by molar-refractivity contribution is 7.98. The van der Waals surface area contributed by atoms with Gasteiger partial charge in [0, 0.05) is 35.6 Å². The molecule has 0 aliphatic heterocycles. The minimum absolute atomic E-state index is 0.420. The third kappa shape index (κ3) is 3.88. The van der Waals surface area contributed by atoms with Crippen LogP contribution >= 0.6 is 11.8 Å². The number of nitrogens with one attached hydrogen (secondary N) is 2. The number of aromatic nitrogens is 3. The van der Waals surface area contributed by atoms with E-state index in [9.17, 15) is 0 Å². The van der Waals surface area contributed by atoms with Crippen molar-refractivity contribution < 1.29 is 0 Å². The van der Waals surface area contributed by atoms with Crippen molar-refractivity contribution >= 4 is 23.5 Å². The maximum atomic E-state index is 4.41. The zero-order valence-corrected chi connectivity index (χ0v) is 13.7. The van der Waals surface area contributed by atoms with Crippen molar-refractivity contribution in [3.05, 3.63) is 36.3 Å². The summed E-state index contributed by atoms with van der Waals surface area (Å²) in [7, 11) is 0. The highest BCUT2D eigenvalue weighted by atomic mass is 32.2. The molecule has 3 rings (SSSR count). The molecule has 0 spiro atoms. The van der Waals surface area contributed by atoms with Crippen LogP contribution in [-0.4, -0.2) is 33.3 Å². The van der Waals surface area contributed by atoms with Gasteiger partial charge in [-0.3, -0.25) is 0 Å². The smallest absolute Gasteiger partial charge is 0.222 e. The molecule has 0 radical (unpaired) electrons. The lowest BCUT2D eigenvalue weighted by atomic mass is 10.2. The lowest BCUT2D eigenvalue weighted by Crippen LogP contribution is -2.22. The van der Waals surface area contributed by atoms with Crippen LogP contribution in [-0.2, 0) is 0 Å². The maximum Gasteiger partial charge on any atom is 0.222 e. The molecule has 5 nitrogen and oxygen atoms in total. The molecular weight excluding hydrogens is 294 g/mol. The Hall–Kier alpha value is -1.82. The third-order valence-electron chi connectivity index (χ3n) is 3.89. The first-order valence-corrected chi connectivity index (χ1v) is 8.77. The summed E-state index contributed by atoms with van der Waals surface area (Å²) in [6, 6.07) is 5.00. The number of aryl methyl sites for hydroxylation is 1. The average molecular weight is 315 g/mol. The summed E-state index contributed by atoms with van der Waals surface area (Å²) in [6.07, 6.45) is 11.0. The second kappa shape index (κ2) is 6.96. The molecule has 6 heteroatoms. The van der Waals surface area contributed by atoms with Gasteiger partial charge in [-0.05, 0) is 44.1 Å². The van der Waals surface area contributed by atoms with Gasteiger partial charge in [0.2, 0.25) is 5.95 Å². The first kappa shape index (κ1) is 15.1. The van der Waals surface area contributed by atoms with Crippen LogP contribution < -0.4 is 10.6 Å². The lowest BCUT2D eigenvalue weighted by Gasteiger charge is -2.15. The third-order valence-corrected chi connectivity index (χ3v) is 4.58. The summed E-state index contributed by atoms with van der Waals surface area (Å²) in [5.41, 5.74) is 1.18. The van der Waals surface area contributed by atoms with E-state index in [0.717, 1.165) is 35.9 Å². The molecule has 1 aliphatic carbocycles. The molecule has 0 bridgehead atoms. The predicted molar refractivity (Wildman–Crippen MR) is 91.5 cm³/mol. The summed E-state index contributed by atoms with van der Waals surface area (Å²) in [5, 5.41) is 6.93. The van der Waals surface area contributed by atoms with Crippen LogP contribution in [0.1, 0.15) is 24.8 Å². The van der Waals surface area contributed by atoms with Gasteiger partial charge in [-0.2, -0.15) is 0 Å². The van der Waals surface area contributed by atoms with Crippen LogP contribution in [0.15, 0.2) is 35.6 Å². The summed E-state index contributed by atoms with van der Waals surface area (Å²) >= 11 is 1.65.